The van der Waals surface area contributed by atoms with Gasteiger partial charge >= 0.3 is 0 Å². The van der Waals surface area contributed by atoms with Crippen molar-refractivity contribution < 1.29 is 0 Å². The molecule has 0 bridgehead atoms. The molecule has 0 aromatic heterocycles. The first-order valence-electron chi connectivity index (χ1n) is 22.5. The third kappa shape index (κ3) is 6.08. The summed E-state index contributed by atoms with van der Waals surface area (Å²) >= 11 is 0. The predicted molar refractivity (Wildman–Crippen MR) is 265 cm³/mol. The number of hydrogen-bond donors (Lipinski definition) is 2. The average molecular weight is 816 g/mol. The predicted octanol–water partition coefficient (Wildman–Crippen LogP) is 14.6. The van der Waals surface area contributed by atoms with Gasteiger partial charge in [-0.15, -0.1) is 0 Å². The van der Waals surface area contributed by atoms with E-state index in [1.807, 2.05) is 0 Å². The summed E-state index contributed by atoms with van der Waals surface area (Å²) in [5.74, 6) is 1.09. The van der Waals surface area contributed by atoms with Crippen molar-refractivity contribution in [1.29, 1.82) is 0 Å². The van der Waals surface area contributed by atoms with Crippen molar-refractivity contribution >= 4 is 16.8 Å². The minimum Gasteiger partial charge on any atom is -0.366 e. The third-order valence-electron chi connectivity index (χ3n) is 14.2. The van der Waals surface area contributed by atoms with Crippen LogP contribution < -0.4 is 15.5 Å². The van der Waals surface area contributed by atoms with E-state index >= 15 is 0 Å². The second kappa shape index (κ2) is 14.8. The van der Waals surface area contributed by atoms with Crippen molar-refractivity contribution in [3.05, 3.63) is 232 Å². The molecule has 7 aromatic carbocycles. The van der Waals surface area contributed by atoms with Gasteiger partial charge in [-0.05, 0) is 145 Å². The van der Waals surface area contributed by atoms with Gasteiger partial charge in [0.05, 0.1) is 5.70 Å². The molecule has 2 N–H and O–H groups in total. The van der Waals surface area contributed by atoms with Crippen LogP contribution in [0.4, 0.5) is 5.69 Å². The van der Waals surface area contributed by atoms with Crippen molar-refractivity contribution in [2.24, 2.45) is 0 Å². The van der Waals surface area contributed by atoms with Crippen LogP contribution in [0.2, 0.25) is 0 Å². The number of hydrogen-bond acceptors (Lipinski definition) is 3. The van der Waals surface area contributed by atoms with Gasteiger partial charge in [0.15, 0.2) is 0 Å². The molecule has 0 radical (unpaired) electrons. The molecule has 0 saturated carbocycles. The number of dihydropyridines is 1. The smallest absolute Gasteiger partial charge is 0.133 e. The van der Waals surface area contributed by atoms with Gasteiger partial charge in [0.25, 0.3) is 0 Å². The Morgan fingerprint density at radius 2 is 1.10 bits per heavy atom. The highest BCUT2D eigenvalue weighted by Gasteiger charge is 2.39. The molecule has 3 nitrogen and oxygen atoms in total. The lowest BCUT2D eigenvalue weighted by Gasteiger charge is -2.30. The van der Waals surface area contributed by atoms with Crippen molar-refractivity contribution in [2.75, 3.05) is 11.4 Å². The van der Waals surface area contributed by atoms with E-state index in [9.17, 15) is 0 Å². The highest BCUT2D eigenvalue weighted by atomic mass is 15.4. The molecular weight excluding hydrogens is 763 g/mol. The number of para-hydroxylation sites is 1. The van der Waals surface area contributed by atoms with E-state index in [2.05, 4.69) is 239 Å². The first kappa shape index (κ1) is 38.8. The molecule has 2 aliphatic carbocycles. The van der Waals surface area contributed by atoms with E-state index in [-0.39, 0.29) is 17.0 Å². The van der Waals surface area contributed by atoms with Gasteiger partial charge in [-0.1, -0.05) is 167 Å². The number of rotatable bonds is 7. The molecular formula is C60H53N3. The molecule has 0 amide bonds. The minimum atomic E-state index is -0.197. The Kier molecular flexibility index (Phi) is 9.10. The van der Waals surface area contributed by atoms with Crippen LogP contribution in [0.5, 0.6) is 0 Å². The van der Waals surface area contributed by atoms with E-state index in [1.165, 1.54) is 94.6 Å². The molecule has 63 heavy (non-hydrogen) atoms. The van der Waals surface area contributed by atoms with Crippen LogP contribution >= 0.6 is 0 Å². The topological polar surface area (TPSA) is 27.3 Å². The number of nitrogens with zero attached hydrogens (tertiary/aromatic N) is 1. The minimum absolute atomic E-state index is 0.0575. The molecule has 2 heterocycles. The lowest BCUT2D eigenvalue weighted by atomic mass is 9.82. The first-order valence-corrected chi connectivity index (χ1v) is 22.5. The standard InChI is InChI=1S/C60H53N3/c1-7-18-38(8-2)45-21-12-13-22-46(45)49-31-32-61-58-56(49)62-57(63(58)44-19-10-9-11-20-44)43-34-41(39-27-29-54-50(36-39)47-23-14-16-25-52(47)59(54,3)4)33-42(35-43)40-28-30-55-51(37-40)48-24-15-17-26-53(48)60(55,5)6/h7-31,33-37,57,61-62H,32H2,1-6H3/b18-7-,38-8+. The fourth-order valence-electron chi connectivity index (χ4n) is 11.0. The van der Waals surface area contributed by atoms with Gasteiger partial charge in [-0.3, -0.25) is 0 Å². The normalized spacial score (nSPS) is 17.7. The molecule has 2 aliphatic heterocycles. The number of anilines is 1. The average Bonchev–Trinajstić information content (AvgIpc) is 3.91. The zero-order valence-electron chi connectivity index (χ0n) is 37.1. The first-order chi connectivity index (χ1) is 30.7. The molecule has 0 spiro atoms. The maximum absolute atomic E-state index is 4.15. The summed E-state index contributed by atoms with van der Waals surface area (Å²) in [7, 11) is 0. The maximum Gasteiger partial charge on any atom is 0.133 e. The second-order valence-corrected chi connectivity index (χ2v) is 18.5. The Morgan fingerprint density at radius 1 is 0.556 bits per heavy atom. The highest BCUT2D eigenvalue weighted by molar-refractivity contribution is 5.92. The van der Waals surface area contributed by atoms with E-state index < -0.39 is 0 Å². The summed E-state index contributed by atoms with van der Waals surface area (Å²) in [4.78, 5) is 2.47. The summed E-state index contributed by atoms with van der Waals surface area (Å²) in [5, 5.41) is 7.99. The monoisotopic (exact) mass is 815 g/mol. The summed E-state index contributed by atoms with van der Waals surface area (Å²) in [6, 6.07) is 59.2. The Labute approximate surface area is 372 Å². The van der Waals surface area contributed by atoms with Crippen LogP contribution in [-0.4, -0.2) is 6.54 Å². The number of benzene rings is 7. The summed E-state index contributed by atoms with van der Waals surface area (Å²) in [6.45, 7) is 14.4. The van der Waals surface area contributed by atoms with Gasteiger partial charge in [-0.25, -0.2) is 0 Å². The van der Waals surface area contributed by atoms with Crippen molar-refractivity contribution in [3.63, 3.8) is 0 Å². The van der Waals surface area contributed by atoms with Crippen LogP contribution in [0.1, 0.15) is 86.7 Å². The Balaban J connectivity index is 1.10. The maximum atomic E-state index is 4.15. The largest absolute Gasteiger partial charge is 0.366 e. The Hall–Kier alpha value is -7.10. The molecule has 1 atom stereocenters. The number of allylic oxidation sites excluding steroid dienone is 5. The van der Waals surface area contributed by atoms with Crippen LogP contribution in [0, 0.1) is 0 Å². The zero-order valence-corrected chi connectivity index (χ0v) is 37.1. The van der Waals surface area contributed by atoms with Crippen LogP contribution in [0.25, 0.3) is 55.7 Å². The van der Waals surface area contributed by atoms with E-state index in [0.29, 0.717) is 0 Å². The summed E-state index contributed by atoms with van der Waals surface area (Å²) < 4.78 is 0. The zero-order chi connectivity index (χ0) is 43.0. The molecule has 4 aliphatic rings. The van der Waals surface area contributed by atoms with Crippen LogP contribution in [0.3, 0.4) is 0 Å². The fraction of sp³-hybridized carbons (Fsp3) is 0.167. The van der Waals surface area contributed by atoms with E-state index in [4.69, 9.17) is 0 Å². The molecule has 308 valence electrons. The lowest BCUT2D eigenvalue weighted by Crippen LogP contribution is -2.34. The fourth-order valence-corrected chi connectivity index (χ4v) is 11.0. The Bertz CT molecular complexity index is 2990. The molecule has 0 saturated heterocycles. The van der Waals surface area contributed by atoms with Crippen molar-refractivity contribution in [2.45, 2.75) is 58.5 Å². The van der Waals surface area contributed by atoms with Gasteiger partial charge in [0, 0.05) is 28.6 Å². The van der Waals surface area contributed by atoms with Gasteiger partial charge in [0.2, 0.25) is 0 Å². The number of fused-ring (bicyclic) bond motifs is 6. The van der Waals surface area contributed by atoms with E-state index in [1.54, 1.807) is 0 Å². The van der Waals surface area contributed by atoms with Crippen molar-refractivity contribution in [1.82, 2.24) is 10.6 Å². The quantitative estimate of drug-likeness (QED) is 0.157. The molecule has 7 aromatic rings. The van der Waals surface area contributed by atoms with Crippen LogP contribution in [0.15, 0.2) is 194 Å². The molecule has 11 rings (SSSR count). The summed E-state index contributed by atoms with van der Waals surface area (Å²) in [5.41, 5.74) is 23.9. The molecule has 3 heteroatoms. The summed E-state index contributed by atoms with van der Waals surface area (Å²) in [6.07, 6.45) is 8.69. The van der Waals surface area contributed by atoms with Gasteiger partial charge in [-0.2, -0.15) is 0 Å². The van der Waals surface area contributed by atoms with Crippen molar-refractivity contribution in [3.8, 4) is 44.5 Å². The molecule has 1 unspecified atom stereocenters. The third-order valence-corrected chi connectivity index (χ3v) is 14.2. The number of nitrogens with one attached hydrogen (secondary N) is 2. The second-order valence-electron chi connectivity index (χ2n) is 18.5. The lowest BCUT2D eigenvalue weighted by molar-refractivity contribution is 0.643. The van der Waals surface area contributed by atoms with Crippen LogP contribution in [-0.2, 0) is 10.8 Å². The van der Waals surface area contributed by atoms with Gasteiger partial charge in [0.1, 0.15) is 12.0 Å². The molecule has 0 fully saturated rings. The SMILES string of the molecule is C/C=C\C(=C/C)c1ccccc1C1=CCNC2=C1NC(c1cc(-c3ccc4c(c3)-c3ccccc3C4(C)C)cc(-c3ccc4c(c3)-c3ccccc3C4(C)C)c1)N2c1ccccc1. The highest BCUT2D eigenvalue weighted by Crippen LogP contribution is 2.52. The Morgan fingerprint density at radius 3 is 1.68 bits per heavy atom. The van der Waals surface area contributed by atoms with E-state index in [0.717, 1.165) is 23.8 Å². The van der Waals surface area contributed by atoms with Gasteiger partial charge < -0.3 is 15.5 Å².